The third-order valence-corrected chi connectivity index (χ3v) is 3.89. The van der Waals surface area contributed by atoms with Crippen LogP contribution in [0.3, 0.4) is 0 Å². The monoisotopic (exact) mass is 301 g/mol. The van der Waals surface area contributed by atoms with Gasteiger partial charge in [0.05, 0.1) is 5.69 Å². The zero-order valence-corrected chi connectivity index (χ0v) is 12.7. The molecule has 2 aromatic carbocycles. The van der Waals surface area contributed by atoms with Crippen molar-refractivity contribution >= 4 is 23.0 Å². The topological polar surface area (TPSA) is 27.3 Å². The first kappa shape index (κ1) is 14.0. The van der Waals surface area contributed by atoms with Gasteiger partial charge in [0, 0.05) is 0 Å². The van der Waals surface area contributed by atoms with Crippen molar-refractivity contribution in [2.24, 2.45) is 0 Å². The van der Waals surface area contributed by atoms with Crippen molar-refractivity contribution in [2.45, 2.75) is 19.5 Å². The van der Waals surface area contributed by atoms with E-state index in [-0.39, 0.29) is 5.82 Å². The molecular formula is C16H16FN3S. The molecule has 21 heavy (non-hydrogen) atoms. The van der Waals surface area contributed by atoms with Crippen LogP contribution in [0.2, 0.25) is 0 Å². The third kappa shape index (κ3) is 2.62. The van der Waals surface area contributed by atoms with Gasteiger partial charge in [-0.25, -0.2) is 9.40 Å². The molecular weight excluding hydrogens is 285 g/mol. The molecule has 0 radical (unpaired) electrons. The van der Waals surface area contributed by atoms with Gasteiger partial charge in [0.2, 0.25) is 0 Å². The average molecular weight is 301 g/mol. The molecule has 0 spiro atoms. The van der Waals surface area contributed by atoms with Crippen LogP contribution in [0, 0.1) is 12.7 Å². The number of hydrogen-bond acceptors (Lipinski definition) is 2. The Hall–Kier alpha value is -1.98. The largest absolute Gasteiger partial charge is 0.338 e. The number of aryl methyl sites for hydroxylation is 1. The van der Waals surface area contributed by atoms with E-state index in [1.54, 1.807) is 12.1 Å². The third-order valence-electron chi connectivity index (χ3n) is 3.61. The summed E-state index contributed by atoms with van der Waals surface area (Å²) in [5.74, 6) is -0.252. The molecule has 0 unspecified atom stereocenters. The summed E-state index contributed by atoms with van der Waals surface area (Å²) in [6.07, 6.45) is 0. The van der Waals surface area contributed by atoms with Crippen molar-refractivity contribution in [2.75, 3.05) is 5.01 Å². The van der Waals surface area contributed by atoms with Crippen LogP contribution in [0.4, 0.5) is 10.1 Å². The maximum atomic E-state index is 13.1. The van der Waals surface area contributed by atoms with Gasteiger partial charge in [-0.3, -0.25) is 0 Å². The van der Waals surface area contributed by atoms with Gasteiger partial charge in [-0.1, -0.05) is 29.8 Å². The van der Waals surface area contributed by atoms with Crippen molar-refractivity contribution in [3.05, 3.63) is 65.5 Å². The van der Waals surface area contributed by atoms with E-state index in [1.807, 2.05) is 43.1 Å². The van der Waals surface area contributed by atoms with E-state index in [9.17, 15) is 4.39 Å². The average Bonchev–Trinajstić information content (AvgIpc) is 2.77. The first-order chi connectivity index (χ1) is 9.98. The van der Waals surface area contributed by atoms with Gasteiger partial charge in [-0.15, -0.1) is 0 Å². The highest BCUT2D eigenvalue weighted by Gasteiger charge is 2.38. The number of hydrazine groups is 1. The van der Waals surface area contributed by atoms with Crippen molar-refractivity contribution in [3.63, 3.8) is 0 Å². The fourth-order valence-corrected chi connectivity index (χ4v) is 2.72. The number of hydrogen-bond donors (Lipinski definition) is 2. The summed E-state index contributed by atoms with van der Waals surface area (Å²) in [6.45, 7) is 4.02. The summed E-state index contributed by atoms with van der Waals surface area (Å²) < 4.78 is 13.1. The zero-order chi connectivity index (χ0) is 15.0. The van der Waals surface area contributed by atoms with Gasteiger partial charge < -0.3 is 5.32 Å². The second kappa shape index (κ2) is 5.09. The number of nitrogens with one attached hydrogen (secondary N) is 2. The van der Waals surface area contributed by atoms with Gasteiger partial charge >= 0.3 is 0 Å². The van der Waals surface area contributed by atoms with E-state index in [2.05, 4.69) is 10.7 Å². The maximum Gasteiger partial charge on any atom is 0.190 e. The summed E-state index contributed by atoms with van der Waals surface area (Å²) >= 11 is 5.41. The van der Waals surface area contributed by atoms with Crippen LogP contribution in [0.1, 0.15) is 18.1 Å². The van der Waals surface area contributed by atoms with Crippen LogP contribution in [-0.2, 0) is 5.66 Å². The molecule has 1 aliphatic rings. The van der Waals surface area contributed by atoms with Crippen LogP contribution in [0.25, 0.3) is 0 Å². The predicted molar refractivity (Wildman–Crippen MR) is 86.3 cm³/mol. The van der Waals surface area contributed by atoms with Crippen LogP contribution >= 0.6 is 12.2 Å². The molecule has 0 saturated carbocycles. The van der Waals surface area contributed by atoms with Gasteiger partial charge in [0.1, 0.15) is 11.5 Å². The highest BCUT2D eigenvalue weighted by atomic mass is 32.1. The predicted octanol–water partition coefficient (Wildman–Crippen LogP) is 3.21. The first-order valence-corrected chi connectivity index (χ1v) is 7.11. The summed E-state index contributed by atoms with van der Waals surface area (Å²) in [6, 6.07) is 14.5. The lowest BCUT2D eigenvalue weighted by molar-refractivity contribution is 0.389. The number of halogens is 1. The van der Waals surface area contributed by atoms with Crippen molar-refractivity contribution in [3.8, 4) is 0 Å². The van der Waals surface area contributed by atoms with Crippen LogP contribution in [-0.4, -0.2) is 5.11 Å². The molecule has 0 amide bonds. The van der Waals surface area contributed by atoms with Crippen LogP contribution in [0.15, 0.2) is 48.5 Å². The smallest absolute Gasteiger partial charge is 0.190 e. The Morgan fingerprint density at radius 1 is 1.05 bits per heavy atom. The molecule has 0 aromatic heterocycles. The Bertz CT molecular complexity index is 669. The van der Waals surface area contributed by atoms with E-state index in [4.69, 9.17) is 12.2 Å². The molecule has 3 rings (SSSR count). The minimum absolute atomic E-state index is 0.252. The van der Waals surface area contributed by atoms with E-state index in [1.165, 1.54) is 17.7 Å². The van der Waals surface area contributed by atoms with Crippen molar-refractivity contribution in [1.82, 2.24) is 10.7 Å². The zero-order valence-electron chi connectivity index (χ0n) is 11.9. The normalized spacial score (nSPS) is 21.5. The molecule has 1 fully saturated rings. The molecule has 2 aromatic rings. The summed E-state index contributed by atoms with van der Waals surface area (Å²) in [4.78, 5) is 0. The Labute approximate surface area is 128 Å². The number of nitrogens with zero attached hydrogens (tertiary/aromatic N) is 1. The Balaban J connectivity index is 1.89. The number of anilines is 1. The molecule has 108 valence electrons. The number of benzene rings is 2. The van der Waals surface area contributed by atoms with E-state index >= 15 is 0 Å². The molecule has 3 nitrogen and oxygen atoms in total. The van der Waals surface area contributed by atoms with Crippen molar-refractivity contribution < 1.29 is 4.39 Å². The Morgan fingerprint density at radius 3 is 2.29 bits per heavy atom. The number of rotatable bonds is 2. The van der Waals surface area contributed by atoms with Gasteiger partial charge in [0.25, 0.3) is 0 Å². The lowest BCUT2D eigenvalue weighted by atomic mass is 10.0. The lowest BCUT2D eigenvalue weighted by Gasteiger charge is -2.26. The molecule has 2 N–H and O–H groups in total. The molecule has 0 aliphatic carbocycles. The van der Waals surface area contributed by atoms with E-state index < -0.39 is 5.66 Å². The summed E-state index contributed by atoms with van der Waals surface area (Å²) in [7, 11) is 0. The standard InChI is InChI=1S/C16H16FN3S/c1-11-3-9-14(10-4-11)20-15(21)18-16(2,19-20)12-5-7-13(17)8-6-12/h3-10,19H,1-2H3,(H,18,21)/t16-/m1/s1. The maximum absolute atomic E-state index is 13.1. The minimum atomic E-state index is -0.560. The first-order valence-electron chi connectivity index (χ1n) is 6.71. The van der Waals surface area contributed by atoms with Crippen LogP contribution in [0.5, 0.6) is 0 Å². The number of thiocarbonyl (C=S) groups is 1. The Morgan fingerprint density at radius 2 is 1.67 bits per heavy atom. The molecule has 1 aliphatic heterocycles. The minimum Gasteiger partial charge on any atom is -0.338 e. The van der Waals surface area contributed by atoms with Crippen molar-refractivity contribution in [1.29, 1.82) is 0 Å². The summed E-state index contributed by atoms with van der Waals surface area (Å²) in [5.41, 5.74) is 5.86. The quantitative estimate of drug-likeness (QED) is 0.833. The lowest BCUT2D eigenvalue weighted by Crippen LogP contribution is -2.45. The van der Waals surface area contributed by atoms with E-state index in [0.29, 0.717) is 5.11 Å². The van der Waals surface area contributed by atoms with E-state index in [0.717, 1.165) is 11.3 Å². The second-order valence-corrected chi connectivity index (χ2v) is 5.73. The van der Waals surface area contributed by atoms with Gasteiger partial charge in [-0.05, 0) is 55.9 Å². The van der Waals surface area contributed by atoms with Gasteiger partial charge in [0.15, 0.2) is 5.11 Å². The molecule has 1 heterocycles. The molecule has 0 bridgehead atoms. The van der Waals surface area contributed by atoms with Crippen LogP contribution < -0.4 is 15.8 Å². The fourth-order valence-electron chi connectivity index (χ4n) is 2.37. The Kier molecular flexibility index (Phi) is 3.39. The van der Waals surface area contributed by atoms with Gasteiger partial charge in [-0.2, -0.15) is 5.43 Å². The summed E-state index contributed by atoms with van der Waals surface area (Å²) in [5, 5.41) is 5.67. The SMILES string of the molecule is Cc1ccc(N2N[C@](C)(c3ccc(F)cc3)NC2=S)cc1. The highest BCUT2D eigenvalue weighted by Crippen LogP contribution is 2.26. The molecule has 1 saturated heterocycles. The fraction of sp³-hybridized carbons (Fsp3) is 0.188. The molecule has 5 heteroatoms. The second-order valence-electron chi connectivity index (χ2n) is 5.34. The molecule has 1 atom stereocenters. The highest BCUT2D eigenvalue weighted by molar-refractivity contribution is 7.80.